The van der Waals surface area contributed by atoms with Crippen molar-refractivity contribution in [2.24, 2.45) is 0 Å². The molecule has 2 aromatic heterocycles. The first-order chi connectivity index (χ1) is 9.22. The van der Waals surface area contributed by atoms with E-state index in [1.165, 1.54) is 0 Å². The van der Waals surface area contributed by atoms with Gasteiger partial charge in [0, 0.05) is 19.9 Å². The lowest BCUT2D eigenvalue weighted by molar-refractivity contribution is 0.0932. The third kappa shape index (κ3) is 3.19. The third-order valence-corrected chi connectivity index (χ3v) is 2.76. The normalized spacial score (nSPS) is 12.3. The molecule has 2 rings (SSSR count). The molecule has 0 radical (unpaired) electrons. The summed E-state index contributed by atoms with van der Waals surface area (Å²) in [6, 6.07) is 3.27. The molecule has 7 heteroatoms. The van der Waals surface area contributed by atoms with Crippen molar-refractivity contribution in [1.82, 2.24) is 25.1 Å². The predicted molar refractivity (Wildman–Crippen MR) is 68.6 cm³/mol. The maximum atomic E-state index is 11.9. The van der Waals surface area contributed by atoms with Gasteiger partial charge in [-0.05, 0) is 19.1 Å². The standard InChI is InChI=1S/C12H17N5O2/c1-9(15-12(18)10-4-3-5-13-10)11-16-14-8-17(11)6-7-19-2/h3-5,8-9,13H,6-7H2,1-2H3,(H,15,18)/t9-/m0/s1. The van der Waals surface area contributed by atoms with Crippen molar-refractivity contribution in [3.63, 3.8) is 0 Å². The zero-order valence-corrected chi connectivity index (χ0v) is 11.0. The summed E-state index contributed by atoms with van der Waals surface area (Å²) in [4.78, 5) is 14.8. The average molecular weight is 263 g/mol. The van der Waals surface area contributed by atoms with E-state index in [0.29, 0.717) is 24.7 Å². The van der Waals surface area contributed by atoms with Crippen LogP contribution in [-0.2, 0) is 11.3 Å². The fourth-order valence-electron chi connectivity index (χ4n) is 1.77. The highest BCUT2D eigenvalue weighted by atomic mass is 16.5. The van der Waals surface area contributed by atoms with Gasteiger partial charge in [0.15, 0.2) is 5.82 Å². The number of H-pyrrole nitrogens is 1. The van der Waals surface area contributed by atoms with Crippen molar-refractivity contribution in [2.75, 3.05) is 13.7 Å². The lowest BCUT2D eigenvalue weighted by Crippen LogP contribution is -2.29. The molecule has 2 N–H and O–H groups in total. The Hall–Kier alpha value is -2.15. The number of carbonyl (C=O) groups is 1. The van der Waals surface area contributed by atoms with Crippen LogP contribution in [0, 0.1) is 0 Å². The Morgan fingerprint density at radius 1 is 1.63 bits per heavy atom. The smallest absolute Gasteiger partial charge is 0.268 e. The molecule has 0 bridgehead atoms. The van der Waals surface area contributed by atoms with Crippen molar-refractivity contribution in [1.29, 1.82) is 0 Å². The summed E-state index contributed by atoms with van der Waals surface area (Å²) in [6.45, 7) is 3.10. The first-order valence-corrected chi connectivity index (χ1v) is 6.03. The number of aromatic nitrogens is 4. The highest BCUT2D eigenvalue weighted by Crippen LogP contribution is 2.09. The Kier molecular flexibility index (Phi) is 4.30. The summed E-state index contributed by atoms with van der Waals surface area (Å²) >= 11 is 0. The zero-order valence-electron chi connectivity index (χ0n) is 11.0. The fraction of sp³-hybridized carbons (Fsp3) is 0.417. The Bertz CT molecular complexity index is 520. The highest BCUT2D eigenvalue weighted by molar-refractivity contribution is 5.92. The molecule has 0 aliphatic heterocycles. The summed E-state index contributed by atoms with van der Waals surface area (Å²) in [5.74, 6) is 0.538. The molecule has 0 aliphatic carbocycles. The van der Waals surface area contributed by atoms with Crippen LogP contribution in [0.5, 0.6) is 0 Å². The number of nitrogens with one attached hydrogen (secondary N) is 2. The predicted octanol–water partition coefficient (Wildman–Crippen LogP) is 0.744. The fourth-order valence-corrected chi connectivity index (χ4v) is 1.77. The summed E-state index contributed by atoms with van der Waals surface area (Å²) in [5, 5.41) is 10.8. The van der Waals surface area contributed by atoms with Crippen LogP contribution >= 0.6 is 0 Å². The van der Waals surface area contributed by atoms with Gasteiger partial charge in [-0.2, -0.15) is 0 Å². The number of hydrogen-bond acceptors (Lipinski definition) is 4. The molecule has 0 aromatic carbocycles. The Labute approximate surface area is 111 Å². The van der Waals surface area contributed by atoms with E-state index in [2.05, 4.69) is 20.5 Å². The van der Waals surface area contributed by atoms with Gasteiger partial charge >= 0.3 is 0 Å². The van der Waals surface area contributed by atoms with Crippen molar-refractivity contribution >= 4 is 5.91 Å². The first-order valence-electron chi connectivity index (χ1n) is 6.03. The molecule has 102 valence electrons. The molecule has 1 atom stereocenters. The van der Waals surface area contributed by atoms with E-state index in [9.17, 15) is 4.79 Å². The molecular formula is C12H17N5O2. The van der Waals surface area contributed by atoms with Crippen molar-refractivity contribution in [3.05, 3.63) is 36.2 Å². The molecule has 0 fully saturated rings. The molecule has 7 nitrogen and oxygen atoms in total. The number of hydrogen-bond donors (Lipinski definition) is 2. The SMILES string of the molecule is COCCn1cnnc1[C@H](C)NC(=O)c1ccc[nH]1. The van der Waals surface area contributed by atoms with Crippen LogP contribution in [0.2, 0.25) is 0 Å². The second kappa shape index (κ2) is 6.14. The average Bonchev–Trinajstić information content (AvgIpc) is 3.07. The molecule has 2 heterocycles. The molecule has 0 unspecified atom stereocenters. The molecular weight excluding hydrogens is 246 g/mol. The maximum absolute atomic E-state index is 11.9. The summed E-state index contributed by atoms with van der Waals surface area (Å²) in [5.41, 5.74) is 0.523. The number of aromatic amines is 1. The van der Waals surface area contributed by atoms with E-state index in [-0.39, 0.29) is 11.9 Å². The number of ether oxygens (including phenoxy) is 1. The molecule has 0 spiro atoms. The van der Waals surface area contributed by atoms with Crippen LogP contribution in [0.3, 0.4) is 0 Å². The van der Waals surface area contributed by atoms with Crippen LogP contribution in [-0.4, -0.2) is 39.4 Å². The van der Waals surface area contributed by atoms with E-state index in [1.54, 1.807) is 31.8 Å². The summed E-state index contributed by atoms with van der Waals surface area (Å²) in [7, 11) is 1.64. The number of methoxy groups -OCH3 is 1. The number of rotatable bonds is 6. The van der Waals surface area contributed by atoms with Gasteiger partial charge < -0.3 is 19.6 Å². The van der Waals surface area contributed by atoms with Crippen LogP contribution in [0.25, 0.3) is 0 Å². The number of amides is 1. The van der Waals surface area contributed by atoms with Crippen molar-refractivity contribution in [3.8, 4) is 0 Å². The molecule has 1 amide bonds. The van der Waals surface area contributed by atoms with Gasteiger partial charge in [0.25, 0.3) is 5.91 Å². The molecule has 0 saturated heterocycles. The van der Waals surface area contributed by atoms with Crippen molar-refractivity contribution < 1.29 is 9.53 Å². The van der Waals surface area contributed by atoms with E-state index >= 15 is 0 Å². The minimum Gasteiger partial charge on any atom is -0.383 e. The first kappa shape index (κ1) is 13.3. The molecule has 2 aromatic rings. The van der Waals surface area contributed by atoms with Crippen LogP contribution in [0.15, 0.2) is 24.7 Å². The van der Waals surface area contributed by atoms with E-state index in [4.69, 9.17) is 4.74 Å². The lowest BCUT2D eigenvalue weighted by atomic mass is 10.3. The monoisotopic (exact) mass is 263 g/mol. The third-order valence-electron chi connectivity index (χ3n) is 2.76. The Morgan fingerprint density at radius 2 is 2.47 bits per heavy atom. The van der Waals surface area contributed by atoms with Gasteiger partial charge in [0.2, 0.25) is 0 Å². The van der Waals surface area contributed by atoms with Crippen LogP contribution in [0.1, 0.15) is 29.3 Å². The quantitative estimate of drug-likeness (QED) is 0.805. The second-order valence-corrected chi connectivity index (χ2v) is 4.15. The molecule has 19 heavy (non-hydrogen) atoms. The van der Waals surface area contributed by atoms with Gasteiger partial charge in [0.05, 0.1) is 12.6 Å². The van der Waals surface area contributed by atoms with E-state index in [1.807, 2.05) is 11.5 Å². The lowest BCUT2D eigenvalue weighted by Gasteiger charge is -2.14. The van der Waals surface area contributed by atoms with Crippen molar-refractivity contribution in [2.45, 2.75) is 19.5 Å². The number of carbonyl (C=O) groups excluding carboxylic acids is 1. The Morgan fingerprint density at radius 3 is 3.16 bits per heavy atom. The minimum atomic E-state index is -0.227. The molecule has 0 saturated carbocycles. The topological polar surface area (TPSA) is 84.8 Å². The van der Waals surface area contributed by atoms with Gasteiger partial charge in [-0.25, -0.2) is 0 Å². The van der Waals surface area contributed by atoms with Crippen LogP contribution in [0.4, 0.5) is 0 Å². The van der Waals surface area contributed by atoms with E-state index in [0.717, 1.165) is 0 Å². The Balaban J connectivity index is 2.01. The zero-order chi connectivity index (χ0) is 13.7. The largest absolute Gasteiger partial charge is 0.383 e. The minimum absolute atomic E-state index is 0.168. The number of nitrogens with zero attached hydrogens (tertiary/aromatic N) is 3. The van der Waals surface area contributed by atoms with Gasteiger partial charge in [0.1, 0.15) is 12.0 Å². The summed E-state index contributed by atoms with van der Waals surface area (Å²) in [6.07, 6.45) is 3.34. The van der Waals surface area contributed by atoms with Gasteiger partial charge in [-0.15, -0.1) is 10.2 Å². The van der Waals surface area contributed by atoms with Crippen LogP contribution < -0.4 is 5.32 Å². The second-order valence-electron chi connectivity index (χ2n) is 4.15. The van der Waals surface area contributed by atoms with E-state index < -0.39 is 0 Å². The molecule has 0 aliphatic rings. The summed E-state index contributed by atoms with van der Waals surface area (Å²) < 4.78 is 6.89. The maximum Gasteiger partial charge on any atom is 0.268 e. The highest BCUT2D eigenvalue weighted by Gasteiger charge is 2.16. The van der Waals surface area contributed by atoms with Gasteiger partial charge in [-0.3, -0.25) is 4.79 Å². The van der Waals surface area contributed by atoms with Gasteiger partial charge in [-0.1, -0.05) is 0 Å².